The van der Waals surface area contributed by atoms with E-state index < -0.39 is 8.25 Å². The van der Waals surface area contributed by atoms with Gasteiger partial charge >= 0.3 is 14.2 Å². The van der Waals surface area contributed by atoms with Crippen LogP contribution >= 0.6 is 8.25 Å². The molecule has 0 fully saturated rings. The van der Waals surface area contributed by atoms with E-state index in [9.17, 15) is 4.57 Å². The van der Waals surface area contributed by atoms with Crippen molar-refractivity contribution >= 4 is 14.2 Å². The molecule has 1 unspecified atom stereocenters. The first kappa shape index (κ1) is 7.24. The van der Waals surface area contributed by atoms with E-state index in [1.807, 2.05) is 0 Å². The summed E-state index contributed by atoms with van der Waals surface area (Å²) in [4.78, 5) is 10.4. The maximum Gasteiger partial charge on any atom is 0.753 e. The fourth-order valence-electron chi connectivity index (χ4n) is 0.131. The molecule has 0 bridgehead atoms. The molecule has 8 heavy (non-hydrogen) atoms. The van der Waals surface area contributed by atoms with E-state index in [1.165, 1.54) is 6.92 Å². The molecular weight excluding hydrogens is 131 g/mol. The van der Waals surface area contributed by atoms with Crippen molar-refractivity contribution in [3.63, 3.8) is 0 Å². The molecule has 5 nitrogen and oxygen atoms in total. The zero-order valence-electron chi connectivity index (χ0n) is 4.11. The molecule has 0 aliphatic carbocycles. The van der Waals surface area contributed by atoms with Gasteiger partial charge in [0.2, 0.25) is 0 Å². The zero-order valence-corrected chi connectivity index (χ0v) is 5.00. The monoisotopic (exact) mass is 135 g/mol. The Bertz CT molecular complexity index is 149. The highest BCUT2D eigenvalue weighted by Gasteiger charge is 2.19. The Morgan fingerprint density at radius 1 is 2.00 bits per heavy atom. The van der Waals surface area contributed by atoms with Crippen molar-refractivity contribution in [1.29, 1.82) is 0 Å². The standard InChI is InChI=1S/C2H3N2O3P/c1-2(4-3)7-8(5)6/h1H3/p+1. The first-order valence-electron chi connectivity index (χ1n) is 1.69. The van der Waals surface area contributed by atoms with Gasteiger partial charge in [0.05, 0.1) is 6.92 Å². The van der Waals surface area contributed by atoms with Gasteiger partial charge in [0.25, 0.3) is 0 Å². The predicted molar refractivity (Wildman–Crippen MR) is 25.2 cm³/mol. The van der Waals surface area contributed by atoms with Crippen LogP contribution in [0.3, 0.4) is 0 Å². The first-order chi connectivity index (χ1) is 3.66. The summed E-state index contributed by atoms with van der Waals surface area (Å²) in [6, 6.07) is 0. The van der Waals surface area contributed by atoms with Crippen molar-refractivity contribution < 1.29 is 18.8 Å². The van der Waals surface area contributed by atoms with E-state index in [-0.39, 0.29) is 5.90 Å². The van der Waals surface area contributed by atoms with Crippen LogP contribution in [0.25, 0.3) is 5.53 Å². The van der Waals surface area contributed by atoms with E-state index in [0.29, 0.717) is 0 Å². The summed E-state index contributed by atoms with van der Waals surface area (Å²) in [6.07, 6.45) is 0. The quantitative estimate of drug-likeness (QED) is 0.184. The molecule has 0 aliphatic heterocycles. The topological polar surface area (TPSA) is 82.9 Å². The fourth-order valence-corrected chi connectivity index (χ4v) is 0.394. The molecule has 0 saturated carbocycles. The van der Waals surface area contributed by atoms with Gasteiger partial charge in [0.1, 0.15) is 0 Å². The molecule has 0 heterocycles. The van der Waals surface area contributed by atoms with Crippen LogP contribution in [0.5, 0.6) is 0 Å². The van der Waals surface area contributed by atoms with E-state index in [4.69, 9.17) is 10.4 Å². The molecule has 0 radical (unpaired) electrons. The largest absolute Gasteiger partial charge is 0.753 e. The zero-order chi connectivity index (χ0) is 6.57. The van der Waals surface area contributed by atoms with Crippen molar-refractivity contribution in [3.8, 4) is 0 Å². The minimum absolute atomic E-state index is 0.228. The van der Waals surface area contributed by atoms with Crippen LogP contribution in [-0.2, 0) is 9.09 Å². The van der Waals surface area contributed by atoms with Crippen LogP contribution in [0.1, 0.15) is 6.92 Å². The highest BCUT2D eigenvalue weighted by atomic mass is 31.1. The molecule has 1 N–H and O–H groups in total. The number of hydrogen-bond acceptors (Lipinski definition) is 2. The van der Waals surface area contributed by atoms with Gasteiger partial charge in [-0.05, 0) is 0 Å². The Hall–Kier alpha value is -0.760. The number of rotatable bonds is 1. The second kappa shape index (κ2) is 3.27. The van der Waals surface area contributed by atoms with E-state index >= 15 is 0 Å². The molecule has 0 aliphatic rings. The van der Waals surface area contributed by atoms with E-state index in [2.05, 4.69) is 9.31 Å². The van der Waals surface area contributed by atoms with Crippen LogP contribution in [0, 0.1) is 0 Å². The Morgan fingerprint density at radius 3 is 2.62 bits per heavy atom. The molecule has 0 saturated heterocycles. The lowest BCUT2D eigenvalue weighted by Crippen LogP contribution is -1.91. The molecule has 6 heteroatoms. The van der Waals surface area contributed by atoms with Crippen molar-refractivity contribution in [2.75, 3.05) is 0 Å². The van der Waals surface area contributed by atoms with Gasteiger partial charge in [-0.25, -0.2) is 0 Å². The molecule has 0 aromatic rings. The lowest BCUT2D eigenvalue weighted by atomic mass is 10.8. The van der Waals surface area contributed by atoms with Gasteiger partial charge in [-0.1, -0.05) is 0 Å². The van der Waals surface area contributed by atoms with Crippen LogP contribution < -0.4 is 0 Å². The van der Waals surface area contributed by atoms with Crippen LogP contribution in [-0.4, -0.2) is 15.6 Å². The maximum atomic E-state index is 9.70. The third-order valence-electron chi connectivity index (χ3n) is 0.351. The lowest BCUT2D eigenvalue weighted by molar-refractivity contribution is -0.0275. The van der Waals surface area contributed by atoms with Crippen molar-refractivity contribution in [2.24, 2.45) is 0 Å². The summed E-state index contributed by atoms with van der Waals surface area (Å²) in [6.45, 7) is 1.25. The Kier molecular flexibility index (Phi) is 2.96. The summed E-state index contributed by atoms with van der Waals surface area (Å²) < 4.78 is 13.7. The highest BCUT2D eigenvalue weighted by Crippen LogP contribution is 2.13. The second-order valence-corrected chi connectivity index (χ2v) is 1.61. The summed E-state index contributed by atoms with van der Waals surface area (Å²) in [5.74, 6) is -0.228. The van der Waals surface area contributed by atoms with Gasteiger partial charge in [0.15, 0.2) is 0 Å². The van der Waals surface area contributed by atoms with Crippen molar-refractivity contribution in [3.05, 3.63) is 5.53 Å². The molecule has 1 atom stereocenters. The predicted octanol–water partition coefficient (Wildman–Crippen LogP) is 0.301. The van der Waals surface area contributed by atoms with Crippen molar-refractivity contribution in [1.82, 2.24) is 0 Å². The van der Waals surface area contributed by atoms with Crippen LogP contribution in [0.4, 0.5) is 0 Å². The van der Waals surface area contributed by atoms with Gasteiger partial charge in [-0.2, -0.15) is 0 Å². The third kappa shape index (κ3) is 3.43. The molecule has 0 spiro atoms. The summed E-state index contributed by atoms with van der Waals surface area (Å²) >= 11 is 0. The summed E-state index contributed by atoms with van der Waals surface area (Å²) in [7, 11) is -2.69. The molecule has 0 amide bonds. The molecule has 0 aromatic heterocycles. The number of nitrogens with zero attached hydrogens (tertiary/aromatic N) is 2. The SMILES string of the molecule is CC(=[N+]=[N-])O[P+](=O)O. The molecule has 0 aromatic carbocycles. The molecule has 0 rings (SSSR count). The van der Waals surface area contributed by atoms with E-state index in [0.717, 1.165) is 0 Å². The average molecular weight is 135 g/mol. The van der Waals surface area contributed by atoms with Gasteiger partial charge in [-0.3, -0.25) is 0 Å². The van der Waals surface area contributed by atoms with Crippen molar-refractivity contribution in [2.45, 2.75) is 6.92 Å². The number of hydrogen-bond donors (Lipinski definition) is 1. The summed E-state index contributed by atoms with van der Waals surface area (Å²) in [5.41, 5.74) is 7.81. The highest BCUT2D eigenvalue weighted by molar-refractivity contribution is 7.32. The molecular formula is C2H4N2O3P+. The fraction of sp³-hybridized carbons (Fsp3) is 0.500. The summed E-state index contributed by atoms with van der Waals surface area (Å²) in [5, 5.41) is 0. The van der Waals surface area contributed by atoms with Gasteiger partial charge < -0.3 is 5.53 Å². The second-order valence-electron chi connectivity index (χ2n) is 0.948. The first-order valence-corrected chi connectivity index (χ1v) is 2.82. The minimum atomic E-state index is -2.69. The minimum Gasteiger partial charge on any atom is -0.357 e. The molecule has 44 valence electrons. The van der Waals surface area contributed by atoms with Crippen LogP contribution in [0.15, 0.2) is 0 Å². The van der Waals surface area contributed by atoms with E-state index in [1.54, 1.807) is 0 Å². The van der Waals surface area contributed by atoms with Gasteiger partial charge in [-0.15, -0.1) is 14.2 Å². The third-order valence-corrected chi connectivity index (χ3v) is 0.771. The van der Waals surface area contributed by atoms with Gasteiger partial charge in [0, 0.05) is 4.57 Å². The lowest BCUT2D eigenvalue weighted by Gasteiger charge is -1.67. The normalized spacial score (nSPS) is 9.50. The smallest absolute Gasteiger partial charge is 0.357 e. The Balaban J connectivity index is 3.74. The Morgan fingerprint density at radius 2 is 2.50 bits per heavy atom. The average Bonchev–Trinajstić information content (AvgIpc) is 1.65. The van der Waals surface area contributed by atoms with Crippen LogP contribution in [0.2, 0.25) is 0 Å². The Labute approximate surface area is 46.5 Å². The maximum absolute atomic E-state index is 9.70.